The summed E-state index contributed by atoms with van der Waals surface area (Å²) in [6.07, 6.45) is 1.26. The number of carbonyl (C=O) groups is 1. The van der Waals surface area contributed by atoms with Crippen molar-refractivity contribution in [1.29, 1.82) is 0 Å². The fourth-order valence-electron chi connectivity index (χ4n) is 3.18. The highest BCUT2D eigenvalue weighted by molar-refractivity contribution is 5.78. The summed E-state index contributed by atoms with van der Waals surface area (Å²) in [7, 11) is 0. The van der Waals surface area contributed by atoms with E-state index >= 15 is 0 Å². The standard InChI is InChI=1S/C19H21N3O3/c1-14(21-11-10-16-4-2-3-5-18(16)21)13-20-19(23)12-15-6-8-17(9-7-15)22(24)25/h2-9,14H,10-13H2,1H3,(H,20,23)/t14-/m0/s1. The maximum atomic E-state index is 12.1. The van der Waals surface area contributed by atoms with Crippen molar-refractivity contribution in [1.82, 2.24) is 5.32 Å². The summed E-state index contributed by atoms with van der Waals surface area (Å²) < 4.78 is 0. The molecule has 130 valence electrons. The fraction of sp³-hybridized carbons (Fsp3) is 0.316. The average Bonchev–Trinajstić information content (AvgIpc) is 3.04. The molecule has 0 spiro atoms. The number of carbonyl (C=O) groups excluding carboxylic acids is 1. The van der Waals surface area contributed by atoms with Crippen molar-refractivity contribution in [2.24, 2.45) is 0 Å². The number of nitro groups is 1. The molecule has 6 nitrogen and oxygen atoms in total. The number of non-ortho nitro benzene ring substituents is 1. The van der Waals surface area contributed by atoms with Crippen LogP contribution in [0, 0.1) is 10.1 Å². The van der Waals surface area contributed by atoms with Crippen molar-refractivity contribution < 1.29 is 9.72 Å². The van der Waals surface area contributed by atoms with E-state index in [4.69, 9.17) is 0 Å². The minimum absolute atomic E-state index is 0.0329. The lowest BCUT2D eigenvalue weighted by Crippen LogP contribution is -2.41. The Labute approximate surface area is 146 Å². The molecule has 0 radical (unpaired) electrons. The molecule has 6 heteroatoms. The van der Waals surface area contributed by atoms with E-state index in [-0.39, 0.29) is 24.1 Å². The average molecular weight is 339 g/mol. The van der Waals surface area contributed by atoms with Crippen LogP contribution < -0.4 is 10.2 Å². The van der Waals surface area contributed by atoms with Crippen LogP contribution in [0.5, 0.6) is 0 Å². The zero-order valence-corrected chi connectivity index (χ0v) is 14.1. The highest BCUT2D eigenvalue weighted by atomic mass is 16.6. The maximum absolute atomic E-state index is 12.1. The first-order valence-corrected chi connectivity index (χ1v) is 8.39. The predicted octanol–water partition coefficient (Wildman–Crippen LogP) is 2.70. The molecule has 1 N–H and O–H groups in total. The van der Waals surface area contributed by atoms with E-state index < -0.39 is 4.92 Å². The van der Waals surface area contributed by atoms with Gasteiger partial charge in [0.1, 0.15) is 0 Å². The first-order valence-electron chi connectivity index (χ1n) is 8.39. The van der Waals surface area contributed by atoms with Gasteiger partial charge in [0.2, 0.25) is 5.91 Å². The molecule has 1 amide bonds. The number of anilines is 1. The van der Waals surface area contributed by atoms with Crippen LogP contribution in [0.15, 0.2) is 48.5 Å². The second-order valence-corrected chi connectivity index (χ2v) is 6.33. The number of hydrogen-bond donors (Lipinski definition) is 1. The molecule has 0 unspecified atom stereocenters. The topological polar surface area (TPSA) is 75.5 Å². The van der Waals surface area contributed by atoms with Crippen LogP contribution in [0.1, 0.15) is 18.1 Å². The van der Waals surface area contributed by atoms with Gasteiger partial charge in [-0.1, -0.05) is 30.3 Å². The lowest BCUT2D eigenvalue weighted by atomic mass is 10.1. The van der Waals surface area contributed by atoms with E-state index in [1.807, 2.05) is 6.07 Å². The van der Waals surface area contributed by atoms with Crippen molar-refractivity contribution >= 4 is 17.3 Å². The molecule has 1 atom stereocenters. The number of hydrogen-bond acceptors (Lipinski definition) is 4. The molecule has 0 aliphatic carbocycles. The van der Waals surface area contributed by atoms with Crippen molar-refractivity contribution in [2.45, 2.75) is 25.8 Å². The Morgan fingerprint density at radius 1 is 1.24 bits per heavy atom. The highest BCUT2D eigenvalue weighted by Crippen LogP contribution is 2.28. The summed E-state index contributed by atoms with van der Waals surface area (Å²) in [6.45, 7) is 3.65. The van der Waals surface area contributed by atoms with Gasteiger partial charge in [-0.25, -0.2) is 0 Å². The van der Waals surface area contributed by atoms with E-state index in [0.29, 0.717) is 6.54 Å². The molecular weight excluding hydrogens is 318 g/mol. The summed E-state index contributed by atoms with van der Waals surface area (Å²) in [5, 5.41) is 13.6. The maximum Gasteiger partial charge on any atom is 0.269 e. The third-order valence-electron chi connectivity index (χ3n) is 4.56. The second-order valence-electron chi connectivity index (χ2n) is 6.33. The zero-order valence-electron chi connectivity index (χ0n) is 14.1. The number of nitrogens with zero attached hydrogens (tertiary/aromatic N) is 2. The van der Waals surface area contributed by atoms with Crippen molar-refractivity contribution in [2.75, 3.05) is 18.0 Å². The number of nitrogens with one attached hydrogen (secondary N) is 1. The Hall–Kier alpha value is -2.89. The monoisotopic (exact) mass is 339 g/mol. The number of para-hydroxylation sites is 1. The highest BCUT2D eigenvalue weighted by Gasteiger charge is 2.23. The van der Waals surface area contributed by atoms with E-state index in [0.717, 1.165) is 18.5 Å². The quantitative estimate of drug-likeness (QED) is 0.648. The zero-order chi connectivity index (χ0) is 17.8. The van der Waals surface area contributed by atoms with E-state index in [9.17, 15) is 14.9 Å². The summed E-state index contributed by atoms with van der Waals surface area (Å²) in [5.74, 6) is -0.0758. The molecule has 1 aliphatic rings. The van der Waals surface area contributed by atoms with E-state index in [2.05, 4.69) is 35.3 Å². The van der Waals surface area contributed by atoms with Gasteiger partial charge in [0.25, 0.3) is 5.69 Å². The van der Waals surface area contributed by atoms with Gasteiger partial charge in [0, 0.05) is 37.0 Å². The molecule has 0 saturated carbocycles. The molecule has 25 heavy (non-hydrogen) atoms. The third kappa shape index (κ3) is 3.96. The lowest BCUT2D eigenvalue weighted by Gasteiger charge is -2.27. The van der Waals surface area contributed by atoms with Crippen LogP contribution in [0.2, 0.25) is 0 Å². The van der Waals surface area contributed by atoms with Crippen molar-refractivity contribution in [3.05, 3.63) is 69.8 Å². The van der Waals surface area contributed by atoms with Crippen LogP contribution in [-0.4, -0.2) is 30.0 Å². The largest absolute Gasteiger partial charge is 0.366 e. The number of rotatable bonds is 6. The van der Waals surface area contributed by atoms with Crippen LogP contribution in [-0.2, 0) is 17.6 Å². The summed E-state index contributed by atoms with van der Waals surface area (Å²) in [5.41, 5.74) is 3.40. The fourth-order valence-corrected chi connectivity index (χ4v) is 3.18. The van der Waals surface area contributed by atoms with Crippen LogP contribution in [0.4, 0.5) is 11.4 Å². The number of nitro benzene ring substituents is 1. The van der Waals surface area contributed by atoms with Gasteiger partial charge >= 0.3 is 0 Å². The molecule has 1 aliphatic heterocycles. The molecule has 1 heterocycles. The van der Waals surface area contributed by atoms with Crippen LogP contribution in [0.25, 0.3) is 0 Å². The lowest BCUT2D eigenvalue weighted by molar-refractivity contribution is -0.384. The molecule has 0 saturated heterocycles. The minimum Gasteiger partial charge on any atom is -0.366 e. The number of amides is 1. The first-order chi connectivity index (χ1) is 12.0. The molecule has 0 aromatic heterocycles. The van der Waals surface area contributed by atoms with Crippen molar-refractivity contribution in [3.8, 4) is 0 Å². The van der Waals surface area contributed by atoms with Gasteiger partial charge in [-0.3, -0.25) is 14.9 Å². The molecule has 2 aromatic rings. The third-order valence-corrected chi connectivity index (χ3v) is 4.56. The molecule has 2 aromatic carbocycles. The van der Waals surface area contributed by atoms with Gasteiger partial charge < -0.3 is 10.2 Å². The SMILES string of the molecule is C[C@@H](CNC(=O)Cc1ccc([N+](=O)[O-])cc1)N1CCc2ccccc21. The van der Waals surface area contributed by atoms with Crippen LogP contribution >= 0.6 is 0 Å². The van der Waals surface area contributed by atoms with Gasteiger partial charge in [-0.2, -0.15) is 0 Å². The molecule has 0 fully saturated rings. The predicted molar refractivity (Wildman–Crippen MR) is 96.8 cm³/mol. The number of fused-ring (bicyclic) bond motifs is 1. The van der Waals surface area contributed by atoms with Crippen molar-refractivity contribution in [3.63, 3.8) is 0 Å². The van der Waals surface area contributed by atoms with E-state index in [1.54, 1.807) is 12.1 Å². The first kappa shape index (κ1) is 17.0. The summed E-state index contributed by atoms with van der Waals surface area (Å²) in [6, 6.07) is 14.7. The summed E-state index contributed by atoms with van der Waals surface area (Å²) in [4.78, 5) is 24.7. The number of benzene rings is 2. The molecule has 3 rings (SSSR count). The van der Waals surface area contributed by atoms with E-state index in [1.165, 1.54) is 23.4 Å². The van der Waals surface area contributed by atoms with Gasteiger partial charge in [-0.15, -0.1) is 0 Å². The smallest absolute Gasteiger partial charge is 0.269 e. The Bertz CT molecular complexity index is 774. The van der Waals surface area contributed by atoms with Gasteiger partial charge in [-0.05, 0) is 30.5 Å². The molecular formula is C19H21N3O3. The Morgan fingerprint density at radius 2 is 1.96 bits per heavy atom. The Balaban J connectivity index is 1.51. The molecule has 0 bridgehead atoms. The summed E-state index contributed by atoms with van der Waals surface area (Å²) >= 11 is 0. The second kappa shape index (κ2) is 7.34. The Morgan fingerprint density at radius 3 is 2.68 bits per heavy atom. The minimum atomic E-state index is -0.445. The van der Waals surface area contributed by atoms with Crippen LogP contribution in [0.3, 0.4) is 0 Å². The Kier molecular flexibility index (Phi) is 4.97. The van der Waals surface area contributed by atoms with Gasteiger partial charge in [0.15, 0.2) is 0 Å². The normalized spacial score (nSPS) is 14.0. The van der Waals surface area contributed by atoms with Gasteiger partial charge in [0.05, 0.1) is 11.3 Å².